The molecule has 0 saturated carbocycles. The van der Waals surface area contributed by atoms with E-state index in [1.165, 1.54) is 20.5 Å². The van der Waals surface area contributed by atoms with Gasteiger partial charge in [0.1, 0.15) is 10.3 Å². The maximum absolute atomic E-state index is 13.0. The molecule has 3 rings (SSSR count). The van der Waals surface area contributed by atoms with Gasteiger partial charge in [-0.3, -0.25) is 4.79 Å². The average molecular weight is 350 g/mol. The molecule has 1 aliphatic rings. The third-order valence-corrected chi connectivity index (χ3v) is 7.22. The van der Waals surface area contributed by atoms with Gasteiger partial charge in [0.05, 0.1) is 0 Å². The molecule has 0 unspecified atom stereocenters. The zero-order valence-electron chi connectivity index (χ0n) is 13.0. The number of carbonyl (C=O) groups is 1. The number of benzene rings is 1. The molecule has 0 fully saturated rings. The van der Waals surface area contributed by atoms with Gasteiger partial charge in [-0.2, -0.15) is 4.31 Å². The average Bonchev–Trinajstić information content (AvgIpc) is 3.08. The molecule has 1 amide bonds. The number of hydrogen-bond acceptors (Lipinski definition) is 4. The first-order valence-corrected chi connectivity index (χ1v) is 9.56. The molecular weight excluding hydrogens is 332 g/mol. The van der Waals surface area contributed by atoms with Crippen LogP contribution in [0, 0.1) is 0 Å². The second-order valence-electron chi connectivity index (χ2n) is 5.70. The van der Waals surface area contributed by atoms with E-state index in [1.807, 2.05) is 24.3 Å². The van der Waals surface area contributed by atoms with E-state index in [1.54, 1.807) is 31.6 Å². The molecule has 2 aromatic rings. The van der Waals surface area contributed by atoms with E-state index in [0.717, 1.165) is 11.1 Å². The molecule has 122 valence electrons. The monoisotopic (exact) mass is 350 g/mol. The van der Waals surface area contributed by atoms with Crippen molar-refractivity contribution in [3.63, 3.8) is 0 Å². The van der Waals surface area contributed by atoms with Gasteiger partial charge in [0.2, 0.25) is 5.91 Å². The van der Waals surface area contributed by atoms with Crippen LogP contribution in [-0.4, -0.2) is 43.7 Å². The maximum Gasteiger partial charge on any atom is 0.253 e. The largest absolute Gasteiger partial charge is 0.347 e. The molecule has 5 nitrogen and oxygen atoms in total. The Labute approximate surface area is 140 Å². The number of nitrogens with zero attached hydrogens (tertiary/aromatic N) is 2. The van der Waals surface area contributed by atoms with Crippen molar-refractivity contribution in [2.75, 3.05) is 14.1 Å². The van der Waals surface area contributed by atoms with E-state index in [0.29, 0.717) is 6.42 Å². The van der Waals surface area contributed by atoms with E-state index in [2.05, 4.69) is 0 Å². The Morgan fingerprint density at radius 1 is 1.17 bits per heavy atom. The number of amides is 1. The van der Waals surface area contributed by atoms with Crippen LogP contribution in [0.25, 0.3) is 0 Å². The summed E-state index contributed by atoms with van der Waals surface area (Å²) in [6.45, 7) is 0.223. The van der Waals surface area contributed by atoms with Crippen molar-refractivity contribution in [2.45, 2.75) is 23.2 Å². The van der Waals surface area contributed by atoms with Gasteiger partial charge < -0.3 is 4.90 Å². The summed E-state index contributed by atoms with van der Waals surface area (Å²) in [6, 6.07) is 10.3. The van der Waals surface area contributed by atoms with Crippen molar-refractivity contribution >= 4 is 27.3 Å². The number of likely N-dealkylation sites (N-methyl/N-ethyl adjacent to an activating group) is 1. The van der Waals surface area contributed by atoms with Crippen LogP contribution in [0.2, 0.25) is 0 Å². The lowest BCUT2D eigenvalue weighted by atomic mass is 9.95. The fourth-order valence-electron chi connectivity index (χ4n) is 2.79. The number of thiophene rings is 1. The fraction of sp³-hybridized carbons (Fsp3) is 0.312. The molecule has 1 atom stereocenters. The predicted molar refractivity (Wildman–Crippen MR) is 89.7 cm³/mol. The number of hydrogen-bond donors (Lipinski definition) is 0. The minimum absolute atomic E-state index is 0.195. The zero-order valence-corrected chi connectivity index (χ0v) is 14.6. The fourth-order valence-corrected chi connectivity index (χ4v) is 5.47. The number of sulfonamides is 1. The number of carbonyl (C=O) groups excluding carboxylic acids is 1. The van der Waals surface area contributed by atoms with Crippen molar-refractivity contribution in [1.82, 2.24) is 9.21 Å². The van der Waals surface area contributed by atoms with Crippen molar-refractivity contribution in [1.29, 1.82) is 0 Å². The van der Waals surface area contributed by atoms with Crippen LogP contribution in [-0.2, 0) is 27.8 Å². The zero-order chi connectivity index (χ0) is 16.6. The van der Waals surface area contributed by atoms with E-state index >= 15 is 0 Å². The molecule has 1 aromatic heterocycles. The first kappa shape index (κ1) is 16.2. The van der Waals surface area contributed by atoms with Crippen molar-refractivity contribution < 1.29 is 13.2 Å². The molecule has 1 aromatic carbocycles. The molecule has 1 aliphatic heterocycles. The predicted octanol–water partition coefficient (Wildman–Crippen LogP) is 1.95. The summed E-state index contributed by atoms with van der Waals surface area (Å²) in [5, 5.41) is 1.73. The van der Waals surface area contributed by atoms with Gasteiger partial charge in [0.15, 0.2) is 0 Å². The Bertz CT molecular complexity index is 814. The summed E-state index contributed by atoms with van der Waals surface area (Å²) < 4.78 is 27.5. The molecule has 7 heteroatoms. The van der Waals surface area contributed by atoms with Crippen LogP contribution < -0.4 is 0 Å². The molecule has 23 heavy (non-hydrogen) atoms. The van der Waals surface area contributed by atoms with E-state index in [9.17, 15) is 13.2 Å². The Balaban J connectivity index is 2.07. The molecule has 0 N–H and O–H groups in total. The first-order valence-electron chi connectivity index (χ1n) is 7.24. The molecule has 2 heterocycles. The summed E-state index contributed by atoms with van der Waals surface area (Å²) >= 11 is 1.17. The van der Waals surface area contributed by atoms with Gasteiger partial charge >= 0.3 is 0 Å². The Hall–Kier alpha value is -1.70. The molecule has 0 bridgehead atoms. The second-order valence-corrected chi connectivity index (χ2v) is 8.77. The lowest BCUT2D eigenvalue weighted by Crippen LogP contribution is -2.51. The first-order chi connectivity index (χ1) is 10.9. The van der Waals surface area contributed by atoms with Crippen molar-refractivity contribution in [3.05, 3.63) is 52.9 Å². The Morgan fingerprint density at radius 2 is 1.87 bits per heavy atom. The van der Waals surface area contributed by atoms with Gasteiger partial charge in [-0.15, -0.1) is 11.3 Å². The van der Waals surface area contributed by atoms with E-state index in [-0.39, 0.29) is 16.7 Å². The highest BCUT2D eigenvalue weighted by atomic mass is 32.2. The van der Waals surface area contributed by atoms with Crippen LogP contribution in [0.15, 0.2) is 46.0 Å². The van der Waals surface area contributed by atoms with Gasteiger partial charge in [0.25, 0.3) is 10.0 Å². The highest BCUT2D eigenvalue weighted by Gasteiger charge is 2.40. The van der Waals surface area contributed by atoms with Crippen LogP contribution in [0.4, 0.5) is 0 Å². The lowest BCUT2D eigenvalue weighted by Gasteiger charge is -2.35. The topological polar surface area (TPSA) is 57.7 Å². The maximum atomic E-state index is 13.0. The third-order valence-electron chi connectivity index (χ3n) is 3.99. The van der Waals surface area contributed by atoms with Gasteiger partial charge in [-0.25, -0.2) is 8.42 Å². The second kappa shape index (κ2) is 6.07. The third kappa shape index (κ3) is 2.91. The number of rotatable bonds is 3. The molecular formula is C16H18N2O3S2. The summed E-state index contributed by atoms with van der Waals surface area (Å²) in [5.74, 6) is -0.195. The normalized spacial score (nSPS) is 18.4. The summed E-state index contributed by atoms with van der Waals surface area (Å²) in [6.07, 6.45) is 0.401. The molecule has 0 radical (unpaired) electrons. The molecule has 0 aliphatic carbocycles. The van der Waals surface area contributed by atoms with Crippen LogP contribution >= 0.6 is 11.3 Å². The minimum Gasteiger partial charge on any atom is -0.347 e. The summed E-state index contributed by atoms with van der Waals surface area (Å²) in [4.78, 5) is 14.0. The van der Waals surface area contributed by atoms with Crippen LogP contribution in [0.3, 0.4) is 0 Å². The van der Waals surface area contributed by atoms with Crippen molar-refractivity contribution in [3.8, 4) is 0 Å². The van der Waals surface area contributed by atoms with E-state index in [4.69, 9.17) is 0 Å². The smallest absolute Gasteiger partial charge is 0.253 e. The summed E-state index contributed by atoms with van der Waals surface area (Å²) in [5.41, 5.74) is 1.99. The van der Waals surface area contributed by atoms with Crippen molar-refractivity contribution in [2.24, 2.45) is 0 Å². The highest BCUT2D eigenvalue weighted by Crippen LogP contribution is 2.31. The lowest BCUT2D eigenvalue weighted by molar-refractivity contribution is -0.133. The van der Waals surface area contributed by atoms with Crippen LogP contribution in [0.5, 0.6) is 0 Å². The number of fused-ring (bicyclic) bond motifs is 1. The van der Waals surface area contributed by atoms with Gasteiger partial charge in [-0.1, -0.05) is 30.3 Å². The standard InChI is InChI=1S/C16H18N2O3S2/c1-17(2)16(19)14-10-12-6-3-4-7-13(12)11-18(14)23(20,21)15-8-5-9-22-15/h3-9,14H,10-11H2,1-2H3/t14-/m0/s1. The SMILES string of the molecule is CN(C)C(=O)[C@@H]1Cc2ccccc2CN1S(=O)(=O)c1cccs1. The minimum atomic E-state index is -3.68. The highest BCUT2D eigenvalue weighted by molar-refractivity contribution is 7.91. The Kier molecular flexibility index (Phi) is 4.27. The molecule has 0 saturated heterocycles. The summed E-state index contributed by atoms with van der Waals surface area (Å²) in [7, 11) is -0.382. The molecule has 0 spiro atoms. The van der Waals surface area contributed by atoms with E-state index < -0.39 is 16.1 Å². The Morgan fingerprint density at radius 3 is 2.48 bits per heavy atom. The van der Waals surface area contributed by atoms with Gasteiger partial charge in [0, 0.05) is 20.6 Å². The van der Waals surface area contributed by atoms with Crippen LogP contribution in [0.1, 0.15) is 11.1 Å². The quantitative estimate of drug-likeness (QED) is 0.850. The van der Waals surface area contributed by atoms with Gasteiger partial charge in [-0.05, 0) is 29.0 Å².